The van der Waals surface area contributed by atoms with E-state index in [1.807, 2.05) is 0 Å². The maximum atomic E-state index is 12.3. The van der Waals surface area contributed by atoms with Crippen LogP contribution in [-0.2, 0) is 6.61 Å². The van der Waals surface area contributed by atoms with E-state index in [1.54, 1.807) is 31.2 Å². The van der Waals surface area contributed by atoms with Crippen LogP contribution in [0.2, 0.25) is 0 Å². The average molecular weight is 329 g/mol. The fraction of sp³-hybridized carbons (Fsp3) is 0.500. The van der Waals surface area contributed by atoms with E-state index in [1.165, 1.54) is 12.8 Å². The number of aryl methyl sites for hydroxylation is 1. The van der Waals surface area contributed by atoms with Crippen LogP contribution in [0.4, 0.5) is 0 Å². The second-order valence-corrected chi connectivity index (χ2v) is 6.47. The summed E-state index contributed by atoms with van der Waals surface area (Å²) < 4.78 is 10.5. The molecule has 0 spiro atoms. The summed E-state index contributed by atoms with van der Waals surface area (Å²) in [6.07, 6.45) is 4.51. The van der Waals surface area contributed by atoms with Gasteiger partial charge in [0, 0.05) is 18.5 Å². The molecule has 0 radical (unpaired) electrons. The van der Waals surface area contributed by atoms with Crippen molar-refractivity contribution in [3.05, 3.63) is 41.5 Å². The lowest BCUT2D eigenvalue weighted by Crippen LogP contribution is -2.37. The fourth-order valence-electron chi connectivity index (χ4n) is 2.92. The number of nitrogens with zero attached hydrogens (tertiary/aromatic N) is 2. The van der Waals surface area contributed by atoms with Gasteiger partial charge in [-0.1, -0.05) is 12.1 Å². The Bertz CT molecular complexity index is 673. The number of aromatic nitrogens is 2. The Hall–Kier alpha value is -2.37. The molecule has 1 saturated carbocycles. The van der Waals surface area contributed by atoms with Crippen LogP contribution in [0.25, 0.3) is 0 Å². The van der Waals surface area contributed by atoms with Crippen LogP contribution >= 0.6 is 0 Å². The summed E-state index contributed by atoms with van der Waals surface area (Å²) in [4.78, 5) is 16.4. The van der Waals surface area contributed by atoms with Crippen LogP contribution in [0.1, 0.15) is 54.7 Å². The summed E-state index contributed by atoms with van der Waals surface area (Å²) in [5.74, 6) is 2.44. The maximum absolute atomic E-state index is 12.3. The van der Waals surface area contributed by atoms with Crippen molar-refractivity contribution in [3.8, 4) is 5.75 Å². The normalized spacial score (nSPS) is 20.6. The van der Waals surface area contributed by atoms with E-state index < -0.39 is 0 Å². The Morgan fingerprint density at radius 3 is 2.58 bits per heavy atom. The van der Waals surface area contributed by atoms with Gasteiger partial charge in [0.1, 0.15) is 5.75 Å². The summed E-state index contributed by atoms with van der Waals surface area (Å²) in [6, 6.07) is 7.41. The highest BCUT2D eigenvalue weighted by molar-refractivity contribution is 5.94. The van der Waals surface area contributed by atoms with Crippen molar-refractivity contribution in [2.75, 3.05) is 0 Å². The molecule has 1 N–H and O–H groups in total. The van der Waals surface area contributed by atoms with Gasteiger partial charge in [0.05, 0.1) is 0 Å². The predicted octanol–water partition coefficient (Wildman–Crippen LogP) is 3.27. The van der Waals surface area contributed by atoms with Gasteiger partial charge >= 0.3 is 0 Å². The third-order valence-corrected chi connectivity index (χ3v) is 4.41. The van der Waals surface area contributed by atoms with Gasteiger partial charge in [-0.05, 0) is 55.9 Å². The Morgan fingerprint density at radius 1 is 1.25 bits per heavy atom. The molecule has 1 aromatic heterocycles. The van der Waals surface area contributed by atoms with Gasteiger partial charge in [0.25, 0.3) is 5.91 Å². The van der Waals surface area contributed by atoms with Crippen molar-refractivity contribution in [1.82, 2.24) is 15.5 Å². The number of carbonyl (C=O) groups excluding carboxylic acids is 1. The van der Waals surface area contributed by atoms with E-state index in [0.29, 0.717) is 29.1 Å². The number of ether oxygens (including phenoxy) is 1. The lowest BCUT2D eigenvalue weighted by Gasteiger charge is -2.26. The molecular weight excluding hydrogens is 306 g/mol. The lowest BCUT2D eigenvalue weighted by atomic mass is 9.87. The third-order valence-electron chi connectivity index (χ3n) is 4.41. The topological polar surface area (TPSA) is 77.2 Å². The fourth-order valence-corrected chi connectivity index (χ4v) is 2.92. The van der Waals surface area contributed by atoms with E-state index >= 15 is 0 Å². The quantitative estimate of drug-likeness (QED) is 0.911. The van der Waals surface area contributed by atoms with Gasteiger partial charge < -0.3 is 14.6 Å². The van der Waals surface area contributed by atoms with E-state index in [2.05, 4.69) is 22.4 Å². The molecule has 128 valence electrons. The molecule has 0 saturated heterocycles. The maximum Gasteiger partial charge on any atom is 0.251 e. The van der Waals surface area contributed by atoms with Crippen LogP contribution in [0, 0.1) is 12.8 Å². The number of nitrogens with one attached hydrogen (secondary N) is 1. The molecule has 0 atom stereocenters. The van der Waals surface area contributed by atoms with Crippen LogP contribution in [0.15, 0.2) is 28.8 Å². The molecule has 0 bridgehead atoms. The Kier molecular flexibility index (Phi) is 5.13. The summed E-state index contributed by atoms with van der Waals surface area (Å²) in [5.41, 5.74) is 0.649. The molecule has 3 rings (SSSR count). The summed E-state index contributed by atoms with van der Waals surface area (Å²) in [6.45, 7) is 4.24. The van der Waals surface area contributed by atoms with E-state index in [0.717, 1.165) is 18.8 Å². The molecule has 1 aromatic carbocycles. The molecule has 2 aromatic rings. The third kappa shape index (κ3) is 4.34. The first kappa shape index (κ1) is 16.5. The highest BCUT2D eigenvalue weighted by Crippen LogP contribution is 2.23. The Morgan fingerprint density at radius 2 is 1.96 bits per heavy atom. The van der Waals surface area contributed by atoms with Crippen molar-refractivity contribution >= 4 is 5.91 Å². The standard InChI is InChI=1S/C18H23N3O3/c1-12-3-7-15(8-4-12)20-18(22)14-5-9-16(10-6-14)23-11-17-19-13(2)24-21-17/h5-6,9-10,12,15H,3-4,7-8,11H2,1-2H3,(H,20,22). The molecule has 1 heterocycles. The van der Waals surface area contributed by atoms with Crippen LogP contribution in [-0.4, -0.2) is 22.1 Å². The number of rotatable bonds is 5. The first-order chi connectivity index (χ1) is 11.6. The summed E-state index contributed by atoms with van der Waals surface area (Å²) in [7, 11) is 0. The zero-order valence-corrected chi connectivity index (χ0v) is 14.1. The van der Waals surface area contributed by atoms with Gasteiger partial charge in [-0.15, -0.1) is 0 Å². The highest BCUT2D eigenvalue weighted by Gasteiger charge is 2.20. The van der Waals surface area contributed by atoms with Crippen molar-refractivity contribution < 1.29 is 14.1 Å². The molecule has 1 aliphatic carbocycles. The lowest BCUT2D eigenvalue weighted by molar-refractivity contribution is 0.0923. The number of benzene rings is 1. The molecule has 0 aliphatic heterocycles. The Balaban J connectivity index is 1.51. The minimum Gasteiger partial charge on any atom is -0.485 e. The molecule has 6 heteroatoms. The Labute approximate surface area is 141 Å². The van der Waals surface area contributed by atoms with Crippen LogP contribution in [0.5, 0.6) is 5.75 Å². The highest BCUT2D eigenvalue weighted by atomic mass is 16.5. The van der Waals surface area contributed by atoms with E-state index in [-0.39, 0.29) is 12.5 Å². The predicted molar refractivity (Wildman–Crippen MR) is 88.7 cm³/mol. The molecule has 1 fully saturated rings. The van der Waals surface area contributed by atoms with Gasteiger partial charge in [-0.25, -0.2) is 0 Å². The molecular formula is C18H23N3O3. The van der Waals surface area contributed by atoms with Gasteiger partial charge in [0.15, 0.2) is 6.61 Å². The van der Waals surface area contributed by atoms with Gasteiger partial charge in [-0.3, -0.25) is 4.79 Å². The summed E-state index contributed by atoms with van der Waals surface area (Å²) >= 11 is 0. The molecule has 1 aliphatic rings. The smallest absolute Gasteiger partial charge is 0.251 e. The van der Waals surface area contributed by atoms with Crippen LogP contribution < -0.4 is 10.1 Å². The first-order valence-electron chi connectivity index (χ1n) is 8.43. The molecule has 24 heavy (non-hydrogen) atoms. The SMILES string of the molecule is Cc1nc(COc2ccc(C(=O)NC3CCC(C)CC3)cc2)no1. The van der Waals surface area contributed by atoms with Crippen molar-refractivity contribution in [1.29, 1.82) is 0 Å². The number of carbonyl (C=O) groups is 1. The van der Waals surface area contributed by atoms with Gasteiger partial charge in [0.2, 0.25) is 11.7 Å². The largest absolute Gasteiger partial charge is 0.485 e. The van der Waals surface area contributed by atoms with Gasteiger partial charge in [-0.2, -0.15) is 4.98 Å². The first-order valence-corrected chi connectivity index (χ1v) is 8.43. The molecule has 6 nitrogen and oxygen atoms in total. The minimum atomic E-state index is -0.0186. The van der Waals surface area contributed by atoms with Crippen molar-refractivity contribution in [2.45, 2.75) is 52.2 Å². The second kappa shape index (κ2) is 7.47. The molecule has 1 amide bonds. The van der Waals surface area contributed by atoms with Crippen LogP contribution in [0.3, 0.4) is 0 Å². The number of amides is 1. The summed E-state index contributed by atoms with van der Waals surface area (Å²) in [5, 5.41) is 6.90. The second-order valence-electron chi connectivity index (χ2n) is 6.47. The number of hydrogen-bond donors (Lipinski definition) is 1. The average Bonchev–Trinajstić information content (AvgIpc) is 3.01. The monoisotopic (exact) mass is 329 g/mol. The van der Waals surface area contributed by atoms with E-state index in [4.69, 9.17) is 9.26 Å². The van der Waals surface area contributed by atoms with E-state index in [9.17, 15) is 4.79 Å². The number of hydrogen-bond acceptors (Lipinski definition) is 5. The molecule has 0 unspecified atom stereocenters. The minimum absolute atomic E-state index is 0.0186. The zero-order valence-electron chi connectivity index (χ0n) is 14.1. The van der Waals surface area contributed by atoms with Crippen molar-refractivity contribution in [2.24, 2.45) is 5.92 Å². The van der Waals surface area contributed by atoms with Crippen molar-refractivity contribution in [3.63, 3.8) is 0 Å². The zero-order chi connectivity index (χ0) is 16.9.